The van der Waals surface area contributed by atoms with Crippen molar-refractivity contribution in [2.45, 2.75) is 49.9 Å². The van der Waals surface area contributed by atoms with E-state index in [9.17, 15) is 39.3 Å². The number of aliphatic hydroxyl groups is 1. The number of benzene rings is 2. The summed E-state index contributed by atoms with van der Waals surface area (Å²) in [5.74, 6) is -5.23. The van der Waals surface area contributed by atoms with Gasteiger partial charge in [0.05, 0.1) is 6.61 Å². The van der Waals surface area contributed by atoms with E-state index < -0.39 is 66.9 Å². The third-order valence-corrected chi connectivity index (χ3v) is 6.54. The lowest BCUT2D eigenvalue weighted by atomic mass is 10.0. The number of carboxylic acid groups (broad SMARTS) is 2. The van der Waals surface area contributed by atoms with Crippen LogP contribution >= 0.6 is 0 Å². The van der Waals surface area contributed by atoms with E-state index in [1.54, 1.807) is 18.3 Å². The molecule has 0 aliphatic rings. The maximum absolute atomic E-state index is 13.5. The second kappa shape index (κ2) is 14.6. The van der Waals surface area contributed by atoms with Gasteiger partial charge in [0.2, 0.25) is 17.7 Å². The Labute approximate surface area is 239 Å². The number of hydrogen-bond acceptors (Lipinski definition) is 8. The van der Waals surface area contributed by atoms with Crippen LogP contribution in [-0.4, -0.2) is 85.8 Å². The SMILES string of the molecule is NC(CO)C(=O)NC(CCC(=O)O)C(=O)NC(Cc1c[nH]c2ccccc12)C(=O)NC(Cc1ccc(O)cc1)C(=O)O. The van der Waals surface area contributed by atoms with Crippen molar-refractivity contribution in [2.75, 3.05) is 6.61 Å². The van der Waals surface area contributed by atoms with E-state index in [-0.39, 0.29) is 25.0 Å². The van der Waals surface area contributed by atoms with Gasteiger partial charge in [-0.1, -0.05) is 30.3 Å². The Balaban J connectivity index is 1.87. The smallest absolute Gasteiger partial charge is 0.326 e. The number of carboxylic acids is 2. The van der Waals surface area contributed by atoms with E-state index in [1.165, 1.54) is 24.3 Å². The van der Waals surface area contributed by atoms with Crippen LogP contribution in [0.25, 0.3) is 10.9 Å². The van der Waals surface area contributed by atoms with Crippen molar-refractivity contribution < 1.29 is 44.4 Å². The first kappa shape index (κ1) is 31.6. The monoisotopic (exact) mass is 583 g/mol. The van der Waals surface area contributed by atoms with Crippen molar-refractivity contribution in [3.63, 3.8) is 0 Å². The molecule has 4 atom stereocenters. The highest BCUT2D eigenvalue weighted by Crippen LogP contribution is 2.20. The Morgan fingerprint density at radius 1 is 0.810 bits per heavy atom. The van der Waals surface area contributed by atoms with E-state index in [0.29, 0.717) is 11.1 Å². The normalized spacial score (nSPS) is 13.9. The van der Waals surface area contributed by atoms with E-state index in [2.05, 4.69) is 20.9 Å². The summed E-state index contributed by atoms with van der Waals surface area (Å²) in [6, 6.07) is 7.46. The van der Waals surface area contributed by atoms with Gasteiger partial charge in [0.1, 0.15) is 29.9 Å². The number of H-pyrrole nitrogens is 1. The van der Waals surface area contributed by atoms with Crippen molar-refractivity contribution in [3.05, 3.63) is 65.9 Å². The van der Waals surface area contributed by atoms with Crippen molar-refractivity contribution in [3.8, 4) is 5.75 Å². The fraction of sp³-hybridized carbons (Fsp3) is 0.321. The molecule has 0 aliphatic heterocycles. The summed E-state index contributed by atoms with van der Waals surface area (Å²) in [7, 11) is 0. The van der Waals surface area contributed by atoms with Gasteiger partial charge in [-0.05, 0) is 35.7 Å². The molecule has 0 aliphatic carbocycles. The first-order valence-corrected chi connectivity index (χ1v) is 13.0. The predicted octanol–water partition coefficient (Wildman–Crippen LogP) is -0.618. The van der Waals surface area contributed by atoms with Gasteiger partial charge in [0, 0.05) is 36.4 Å². The molecule has 3 amide bonds. The molecular formula is C28H33N5O9. The summed E-state index contributed by atoms with van der Waals surface area (Å²) in [5.41, 5.74) is 7.44. The van der Waals surface area contributed by atoms with E-state index >= 15 is 0 Å². The van der Waals surface area contributed by atoms with Crippen molar-refractivity contribution in [1.29, 1.82) is 0 Å². The van der Waals surface area contributed by atoms with Gasteiger partial charge in [-0.3, -0.25) is 19.2 Å². The molecule has 3 rings (SSSR count). The number of aliphatic hydroxyl groups excluding tert-OH is 1. The van der Waals surface area contributed by atoms with Crippen molar-refractivity contribution in [2.24, 2.45) is 5.73 Å². The number of fused-ring (bicyclic) bond motifs is 1. The number of aromatic amines is 1. The first-order chi connectivity index (χ1) is 20.0. The average Bonchev–Trinajstić information content (AvgIpc) is 3.37. The number of phenols is 1. The van der Waals surface area contributed by atoms with Gasteiger partial charge < -0.3 is 47.1 Å². The van der Waals surface area contributed by atoms with Crippen molar-refractivity contribution >= 4 is 40.6 Å². The summed E-state index contributed by atoms with van der Waals surface area (Å²) in [6.07, 6.45) is 0.603. The minimum atomic E-state index is -1.42. The first-order valence-electron chi connectivity index (χ1n) is 13.0. The number of rotatable bonds is 15. The zero-order valence-corrected chi connectivity index (χ0v) is 22.4. The van der Waals surface area contributed by atoms with E-state index in [0.717, 1.165) is 10.9 Å². The van der Waals surface area contributed by atoms with Crippen LogP contribution in [0.4, 0.5) is 0 Å². The van der Waals surface area contributed by atoms with Crippen LogP contribution in [0.1, 0.15) is 24.0 Å². The molecule has 0 bridgehead atoms. The summed E-state index contributed by atoms with van der Waals surface area (Å²) in [5, 5.41) is 45.6. The fourth-order valence-corrected chi connectivity index (χ4v) is 4.24. The molecule has 2 aromatic carbocycles. The molecule has 0 radical (unpaired) electrons. The quantitative estimate of drug-likeness (QED) is 0.110. The Morgan fingerprint density at radius 3 is 2.07 bits per heavy atom. The summed E-state index contributed by atoms with van der Waals surface area (Å²) < 4.78 is 0. The topological polar surface area (TPSA) is 244 Å². The van der Waals surface area contributed by atoms with Crippen molar-refractivity contribution in [1.82, 2.24) is 20.9 Å². The lowest BCUT2D eigenvalue weighted by Crippen LogP contribution is -2.58. The Morgan fingerprint density at radius 2 is 1.43 bits per heavy atom. The molecular weight excluding hydrogens is 550 g/mol. The number of carbonyl (C=O) groups excluding carboxylic acids is 3. The molecule has 1 aromatic heterocycles. The number of aromatic hydroxyl groups is 1. The molecule has 14 nitrogen and oxygen atoms in total. The molecule has 3 aromatic rings. The van der Waals surface area contributed by atoms with Crippen LogP contribution in [0, 0.1) is 0 Å². The Hall–Kier alpha value is -4.95. The summed E-state index contributed by atoms with van der Waals surface area (Å²) in [6.45, 7) is -0.720. The van der Waals surface area contributed by atoms with Crippen LogP contribution in [0.3, 0.4) is 0 Å². The molecule has 1 heterocycles. The van der Waals surface area contributed by atoms with Crippen LogP contribution < -0.4 is 21.7 Å². The van der Waals surface area contributed by atoms with Gasteiger partial charge in [-0.15, -0.1) is 0 Å². The average molecular weight is 584 g/mol. The molecule has 42 heavy (non-hydrogen) atoms. The van der Waals surface area contributed by atoms with Gasteiger partial charge in [-0.2, -0.15) is 0 Å². The fourth-order valence-electron chi connectivity index (χ4n) is 4.24. The number of carbonyl (C=O) groups is 5. The second-order valence-corrected chi connectivity index (χ2v) is 9.68. The number of aromatic nitrogens is 1. The van der Waals surface area contributed by atoms with Gasteiger partial charge in [0.15, 0.2) is 0 Å². The minimum absolute atomic E-state index is 0.0133. The number of para-hydroxylation sites is 1. The maximum atomic E-state index is 13.5. The number of nitrogens with one attached hydrogen (secondary N) is 4. The Bertz CT molecular complexity index is 1420. The summed E-state index contributed by atoms with van der Waals surface area (Å²) in [4.78, 5) is 65.3. The highest BCUT2D eigenvalue weighted by molar-refractivity contribution is 5.95. The lowest BCUT2D eigenvalue weighted by molar-refractivity contribution is -0.142. The molecule has 10 N–H and O–H groups in total. The molecule has 14 heteroatoms. The molecule has 0 saturated heterocycles. The maximum Gasteiger partial charge on any atom is 0.326 e. The molecule has 0 saturated carbocycles. The highest BCUT2D eigenvalue weighted by Gasteiger charge is 2.31. The molecule has 4 unspecified atom stereocenters. The zero-order chi connectivity index (χ0) is 30.8. The van der Waals surface area contributed by atoms with Crippen LogP contribution in [-0.2, 0) is 36.8 Å². The third kappa shape index (κ3) is 8.78. The largest absolute Gasteiger partial charge is 0.508 e. The standard InChI is InChI=1S/C28H33N5O9/c29-19(14-34)25(38)31-21(9-10-24(36)37)26(39)32-22(12-16-13-30-20-4-2-1-3-18(16)20)27(40)33-23(28(41)42)11-15-5-7-17(35)8-6-15/h1-8,13,19,21-23,30,34-35H,9-12,14,29H2,(H,31,38)(H,32,39)(H,33,40)(H,36,37)(H,41,42). The van der Waals surface area contributed by atoms with Crippen LogP contribution in [0.2, 0.25) is 0 Å². The number of aliphatic carboxylic acids is 2. The van der Waals surface area contributed by atoms with E-state index in [1.807, 2.05) is 12.1 Å². The number of amides is 3. The summed E-state index contributed by atoms with van der Waals surface area (Å²) >= 11 is 0. The second-order valence-electron chi connectivity index (χ2n) is 9.68. The molecule has 0 fully saturated rings. The Kier molecular flexibility index (Phi) is 11.0. The van der Waals surface area contributed by atoms with Gasteiger partial charge in [-0.25, -0.2) is 4.79 Å². The van der Waals surface area contributed by atoms with Gasteiger partial charge in [0.25, 0.3) is 0 Å². The third-order valence-electron chi connectivity index (χ3n) is 6.54. The number of phenolic OH excluding ortho intramolecular Hbond substituents is 1. The zero-order valence-electron chi connectivity index (χ0n) is 22.4. The highest BCUT2D eigenvalue weighted by atomic mass is 16.4. The van der Waals surface area contributed by atoms with Crippen LogP contribution in [0.15, 0.2) is 54.7 Å². The predicted molar refractivity (Wildman–Crippen MR) is 149 cm³/mol. The molecule has 0 spiro atoms. The number of nitrogens with two attached hydrogens (primary N) is 1. The van der Waals surface area contributed by atoms with Gasteiger partial charge >= 0.3 is 11.9 Å². The van der Waals surface area contributed by atoms with E-state index in [4.69, 9.17) is 10.8 Å². The number of hydrogen-bond donors (Lipinski definition) is 9. The molecule has 224 valence electrons. The minimum Gasteiger partial charge on any atom is -0.508 e. The van der Waals surface area contributed by atoms with Crippen LogP contribution in [0.5, 0.6) is 5.75 Å². The lowest BCUT2D eigenvalue weighted by Gasteiger charge is -2.25.